The van der Waals surface area contributed by atoms with Gasteiger partial charge < -0.3 is 25.6 Å². The normalized spacial score (nSPS) is 20.8. The maximum absolute atomic E-state index is 13.9. The summed E-state index contributed by atoms with van der Waals surface area (Å²) in [7, 11) is 3.56. The van der Waals surface area contributed by atoms with Crippen LogP contribution in [0.5, 0.6) is 5.75 Å². The number of fused-ring (bicyclic) bond motifs is 1. The molecule has 0 bridgehead atoms. The van der Waals surface area contributed by atoms with E-state index in [2.05, 4.69) is 20.6 Å². The molecule has 17 heteroatoms. The van der Waals surface area contributed by atoms with Crippen molar-refractivity contribution in [2.75, 3.05) is 56.3 Å². The van der Waals surface area contributed by atoms with E-state index < -0.39 is 23.8 Å². The number of imide groups is 1. The van der Waals surface area contributed by atoms with E-state index in [4.69, 9.17) is 22.1 Å². The Morgan fingerprint density at radius 2 is 1.70 bits per heavy atom. The van der Waals surface area contributed by atoms with Gasteiger partial charge in [0.25, 0.3) is 5.91 Å². The Morgan fingerprint density at radius 1 is 0.985 bits per heavy atom. The number of nitrogens with one attached hydrogen (secondary N) is 2. The van der Waals surface area contributed by atoms with Crippen molar-refractivity contribution in [1.82, 2.24) is 25.1 Å². The minimum absolute atomic E-state index is 0.0260. The van der Waals surface area contributed by atoms with E-state index in [9.17, 15) is 32.3 Å². The van der Waals surface area contributed by atoms with Crippen LogP contribution in [0.25, 0.3) is 10.9 Å². The minimum atomic E-state index is -4.53. The van der Waals surface area contributed by atoms with Gasteiger partial charge in [-0.15, -0.1) is 0 Å². The first-order valence-electron chi connectivity index (χ1n) is 23.0. The number of alkyl halides is 3. The van der Waals surface area contributed by atoms with Crippen molar-refractivity contribution in [3.8, 4) is 5.75 Å². The zero-order valence-corrected chi connectivity index (χ0v) is 38.7. The van der Waals surface area contributed by atoms with Crippen LogP contribution in [-0.2, 0) is 15.8 Å². The molecule has 4 aromatic rings. The molecule has 1 aromatic heterocycles. The summed E-state index contributed by atoms with van der Waals surface area (Å²) in [4.78, 5) is 66.3. The summed E-state index contributed by atoms with van der Waals surface area (Å²) in [5, 5.41) is 6.70. The number of carbonyl (C=O) groups is 4. The van der Waals surface area contributed by atoms with E-state index in [1.807, 2.05) is 29.0 Å². The Morgan fingerprint density at radius 3 is 2.36 bits per heavy atom. The number of nitrogens with two attached hydrogens (primary N) is 1. The molecule has 1 atom stereocenters. The van der Waals surface area contributed by atoms with Crippen molar-refractivity contribution in [1.29, 1.82) is 0 Å². The first-order valence-corrected chi connectivity index (χ1v) is 23.3. The van der Waals surface area contributed by atoms with E-state index in [-0.39, 0.29) is 53.6 Å². The Kier molecular flexibility index (Phi) is 13.4. The fourth-order valence-corrected chi connectivity index (χ4v) is 10.9. The van der Waals surface area contributed by atoms with Gasteiger partial charge in [0, 0.05) is 68.3 Å². The lowest BCUT2D eigenvalue weighted by Crippen LogP contribution is -2.49. The van der Waals surface area contributed by atoms with Crippen molar-refractivity contribution in [3.05, 3.63) is 81.6 Å². The van der Waals surface area contributed by atoms with Crippen LogP contribution in [0.4, 0.5) is 35.2 Å². The molecule has 2 saturated heterocycles. The standard InChI is InChI=1S/C49H58ClF3N8O5/c1-28(34-21-35(49(51,52)53)24-36(54)22-34)55-44-38-25-37(42(66-4)26-40(38)56-29(2)57-44)31-5-7-32(8-6-31)45(63)59(3)27-30-11-14-48(15-12-30)16-19-60(20-17-48)46(64)33-9-10-39(50)41(23-33)61-18-13-43(62)58-47(61)65/h9-10,21-26,28,30-32H,5-8,11-20,27,54H2,1-4H3,(H,55,56,57)(H,58,62,65)/t28-,31-,32-/m1/s1. The molecule has 3 heterocycles. The number of nitrogen functional groups attached to an aromatic ring is 1. The molecule has 4 fully saturated rings. The van der Waals surface area contributed by atoms with Gasteiger partial charge in [-0.25, -0.2) is 14.8 Å². The number of rotatable bonds is 10. The number of halogens is 4. The third-order valence-corrected chi connectivity index (χ3v) is 14.9. The summed E-state index contributed by atoms with van der Waals surface area (Å²) >= 11 is 6.43. The lowest BCUT2D eigenvalue weighted by atomic mass is 9.65. The summed E-state index contributed by atoms with van der Waals surface area (Å²) in [6.45, 7) is 5.75. The van der Waals surface area contributed by atoms with Crippen LogP contribution in [0.2, 0.25) is 5.02 Å². The number of carbonyl (C=O) groups excluding carboxylic acids is 4. The van der Waals surface area contributed by atoms with E-state index in [0.29, 0.717) is 63.8 Å². The SMILES string of the molecule is COc1cc2nc(C)nc(N[C@H](C)c3cc(N)cc(C(F)(F)F)c3)c2cc1[C@H]1CC[C@H](C(=O)N(C)CC2CCC3(CC2)CCN(C(=O)c2ccc(Cl)c(N4CCC(=O)NC4=O)c2)CC3)CC1. The monoisotopic (exact) mass is 930 g/mol. The molecular formula is C49H58ClF3N8O5. The number of methoxy groups -OCH3 is 1. The summed E-state index contributed by atoms with van der Waals surface area (Å²) < 4.78 is 46.8. The molecule has 5 amide bonds. The second kappa shape index (κ2) is 18.9. The van der Waals surface area contributed by atoms with Crippen molar-refractivity contribution in [2.24, 2.45) is 17.3 Å². The largest absolute Gasteiger partial charge is 0.496 e. The highest BCUT2D eigenvalue weighted by Gasteiger charge is 2.40. The number of amides is 5. The molecule has 1 spiro atoms. The number of nitrogens with zero attached hydrogens (tertiary/aromatic N) is 5. The summed E-state index contributed by atoms with van der Waals surface area (Å²) in [5.41, 5.74) is 8.17. The van der Waals surface area contributed by atoms with E-state index in [0.717, 1.165) is 93.8 Å². The van der Waals surface area contributed by atoms with Gasteiger partial charge in [0.2, 0.25) is 11.8 Å². The smallest absolute Gasteiger partial charge is 0.416 e. The lowest BCUT2D eigenvalue weighted by Gasteiger charge is -2.46. The van der Waals surface area contributed by atoms with Crippen LogP contribution in [0, 0.1) is 24.2 Å². The Labute approximate surface area is 388 Å². The fraction of sp³-hybridized carbons (Fsp3) is 0.510. The molecule has 352 valence electrons. The molecule has 8 rings (SSSR count). The molecule has 4 N–H and O–H groups in total. The summed E-state index contributed by atoms with van der Waals surface area (Å²) in [5.74, 6) is 1.92. The minimum Gasteiger partial charge on any atom is -0.496 e. The summed E-state index contributed by atoms with van der Waals surface area (Å²) in [6, 6.07) is 11.3. The molecule has 2 aliphatic heterocycles. The Balaban J connectivity index is 0.837. The number of hydrogen-bond acceptors (Lipinski definition) is 9. The van der Waals surface area contributed by atoms with Gasteiger partial charge in [0.05, 0.1) is 34.9 Å². The highest BCUT2D eigenvalue weighted by Crippen LogP contribution is 2.48. The maximum Gasteiger partial charge on any atom is 0.416 e. The van der Waals surface area contributed by atoms with Crippen LogP contribution in [0.15, 0.2) is 48.5 Å². The molecule has 4 aliphatic rings. The maximum atomic E-state index is 13.9. The number of ether oxygens (including phenoxy) is 1. The number of anilines is 3. The molecular weight excluding hydrogens is 873 g/mol. The van der Waals surface area contributed by atoms with Gasteiger partial charge in [-0.2, -0.15) is 13.2 Å². The number of likely N-dealkylation sites (tertiary alicyclic amines) is 1. The van der Waals surface area contributed by atoms with Crippen LogP contribution >= 0.6 is 11.6 Å². The molecule has 66 heavy (non-hydrogen) atoms. The predicted octanol–water partition coefficient (Wildman–Crippen LogP) is 9.67. The highest BCUT2D eigenvalue weighted by molar-refractivity contribution is 6.34. The molecule has 2 aliphatic carbocycles. The van der Waals surface area contributed by atoms with Gasteiger partial charge in [0.1, 0.15) is 17.4 Å². The van der Waals surface area contributed by atoms with Crippen LogP contribution in [-0.4, -0.2) is 83.9 Å². The first kappa shape index (κ1) is 46.9. The Hall–Kier alpha value is -5.64. The van der Waals surface area contributed by atoms with Crippen molar-refractivity contribution in [3.63, 3.8) is 0 Å². The second-order valence-electron chi connectivity index (χ2n) is 18.9. The predicted molar refractivity (Wildman–Crippen MR) is 248 cm³/mol. The van der Waals surface area contributed by atoms with Crippen LogP contribution < -0.4 is 26.0 Å². The number of aryl methyl sites for hydroxylation is 1. The van der Waals surface area contributed by atoms with Gasteiger partial charge in [-0.3, -0.25) is 24.6 Å². The first-order chi connectivity index (χ1) is 31.4. The van der Waals surface area contributed by atoms with Crippen molar-refractivity contribution >= 4 is 63.4 Å². The lowest BCUT2D eigenvalue weighted by molar-refractivity contribution is -0.138. The molecule has 2 saturated carbocycles. The molecule has 0 radical (unpaired) electrons. The number of hydrogen-bond donors (Lipinski definition) is 3. The number of aromatic nitrogens is 2. The van der Waals surface area contributed by atoms with Crippen LogP contribution in [0.3, 0.4) is 0 Å². The van der Waals surface area contributed by atoms with Crippen molar-refractivity contribution < 1.29 is 37.1 Å². The molecule has 3 aromatic carbocycles. The van der Waals surface area contributed by atoms with E-state index in [1.54, 1.807) is 39.2 Å². The second-order valence-corrected chi connectivity index (χ2v) is 19.3. The fourth-order valence-electron chi connectivity index (χ4n) is 10.7. The van der Waals surface area contributed by atoms with Gasteiger partial charge in [-0.05, 0) is 149 Å². The van der Waals surface area contributed by atoms with Gasteiger partial charge in [0.15, 0.2) is 0 Å². The third-order valence-electron chi connectivity index (χ3n) is 14.6. The number of urea groups is 1. The van der Waals surface area contributed by atoms with Gasteiger partial charge >= 0.3 is 12.2 Å². The van der Waals surface area contributed by atoms with E-state index >= 15 is 0 Å². The summed E-state index contributed by atoms with van der Waals surface area (Å²) in [6.07, 6.45) is 4.74. The average Bonchev–Trinajstić information content (AvgIpc) is 3.29. The van der Waals surface area contributed by atoms with Crippen LogP contribution in [0.1, 0.15) is 122 Å². The zero-order chi connectivity index (χ0) is 47.1. The number of piperidine rings is 1. The number of benzene rings is 3. The zero-order valence-electron chi connectivity index (χ0n) is 37.9. The highest BCUT2D eigenvalue weighted by atomic mass is 35.5. The Bertz CT molecular complexity index is 2510. The third kappa shape index (κ3) is 10.0. The van der Waals surface area contributed by atoms with Crippen molar-refractivity contribution in [2.45, 2.75) is 103 Å². The van der Waals surface area contributed by atoms with Gasteiger partial charge in [-0.1, -0.05) is 11.6 Å². The topological polar surface area (TPSA) is 163 Å². The molecule has 13 nitrogen and oxygen atoms in total. The average molecular weight is 932 g/mol. The molecule has 0 unspecified atom stereocenters. The quantitative estimate of drug-likeness (QED) is 0.132. The van der Waals surface area contributed by atoms with E-state index in [1.165, 1.54) is 11.0 Å².